The maximum absolute atomic E-state index is 9.22. The molecule has 0 radical (unpaired) electrons. The second-order valence-electron chi connectivity index (χ2n) is 1.56. The van der Waals surface area contributed by atoms with Gasteiger partial charge in [0, 0.05) is 6.92 Å². The first-order valence-electron chi connectivity index (χ1n) is 2.69. The van der Waals surface area contributed by atoms with E-state index < -0.39 is 10.4 Å². The van der Waals surface area contributed by atoms with Crippen molar-refractivity contribution in [3.63, 3.8) is 0 Å². The number of hydrogen-bond acceptors (Lipinski definition) is 4. The van der Waals surface area contributed by atoms with Gasteiger partial charge < -0.3 is 11.1 Å². The number of carbonyl (C=O) groups excluding carboxylic acids is 1. The molecule has 5 N–H and O–H groups in total. The molecule has 7 nitrogen and oxygen atoms in total. The van der Waals surface area contributed by atoms with Crippen molar-refractivity contribution in [2.75, 3.05) is 14.1 Å². The molecule has 0 aliphatic carbocycles. The van der Waals surface area contributed by atoms with Crippen LogP contribution in [0.3, 0.4) is 0 Å². The van der Waals surface area contributed by atoms with E-state index in [1.165, 1.54) is 6.92 Å². The number of nitrogens with two attached hydrogens (primary N) is 1. The quantitative estimate of drug-likeness (QED) is 0.360. The summed E-state index contributed by atoms with van der Waals surface area (Å²) in [6, 6.07) is 0. The van der Waals surface area contributed by atoms with Gasteiger partial charge in [0.05, 0.1) is 0 Å². The number of carbonyl (C=O) groups is 1. The molecule has 0 aromatic heterocycles. The molecule has 0 aliphatic rings. The Morgan fingerprint density at radius 2 is 1.33 bits per heavy atom. The Morgan fingerprint density at radius 1 is 1.33 bits per heavy atom. The van der Waals surface area contributed by atoms with Gasteiger partial charge in [-0.2, -0.15) is 8.42 Å². The predicted octanol–water partition coefficient (Wildman–Crippen LogP) is -1.33. The molecule has 0 bridgehead atoms. The van der Waals surface area contributed by atoms with E-state index in [1.54, 1.807) is 0 Å². The SMILES string of the molecule is CC(N)=O.CNC.O=S(=O)(O)O. The smallest absolute Gasteiger partial charge is 0.370 e. The van der Waals surface area contributed by atoms with Gasteiger partial charge in [0.15, 0.2) is 0 Å². The monoisotopic (exact) mass is 202 g/mol. The number of primary amides is 1. The zero-order valence-electron chi connectivity index (χ0n) is 7.10. The third kappa shape index (κ3) is 1310. The second kappa shape index (κ2) is 10.3. The van der Waals surface area contributed by atoms with Crippen molar-refractivity contribution < 1.29 is 22.3 Å². The Hall–Kier alpha value is -0.700. The highest BCUT2D eigenvalue weighted by Crippen LogP contribution is 1.59. The predicted molar refractivity (Wildman–Crippen MR) is 44.0 cm³/mol. The average Bonchev–Trinajstić information content (AvgIpc) is 1.56. The first-order valence-corrected chi connectivity index (χ1v) is 4.09. The van der Waals surface area contributed by atoms with Gasteiger partial charge in [-0.25, -0.2) is 0 Å². The van der Waals surface area contributed by atoms with E-state index in [9.17, 15) is 4.79 Å². The van der Waals surface area contributed by atoms with Gasteiger partial charge in [0.2, 0.25) is 5.91 Å². The van der Waals surface area contributed by atoms with Crippen LogP contribution >= 0.6 is 0 Å². The summed E-state index contributed by atoms with van der Waals surface area (Å²) in [4.78, 5) is 9.22. The maximum Gasteiger partial charge on any atom is 0.394 e. The van der Waals surface area contributed by atoms with E-state index >= 15 is 0 Å². The van der Waals surface area contributed by atoms with Crippen molar-refractivity contribution in [1.82, 2.24) is 5.32 Å². The van der Waals surface area contributed by atoms with Crippen molar-refractivity contribution in [3.05, 3.63) is 0 Å². The third-order valence-corrected chi connectivity index (χ3v) is 0. The Morgan fingerprint density at radius 3 is 1.33 bits per heavy atom. The normalized spacial score (nSPS) is 8.42. The highest BCUT2D eigenvalue weighted by atomic mass is 32.3. The lowest BCUT2D eigenvalue weighted by molar-refractivity contribution is -0.115. The van der Waals surface area contributed by atoms with Crippen molar-refractivity contribution in [2.45, 2.75) is 6.92 Å². The van der Waals surface area contributed by atoms with Gasteiger partial charge >= 0.3 is 10.4 Å². The Kier molecular flexibility index (Phi) is 14.9. The van der Waals surface area contributed by atoms with Crippen molar-refractivity contribution in [3.8, 4) is 0 Å². The zero-order chi connectivity index (χ0) is 10.8. The first kappa shape index (κ1) is 17.4. The van der Waals surface area contributed by atoms with Gasteiger partial charge in [0.1, 0.15) is 0 Å². The van der Waals surface area contributed by atoms with Gasteiger partial charge in [0.25, 0.3) is 0 Å². The summed E-state index contributed by atoms with van der Waals surface area (Å²) in [5.74, 6) is -0.333. The lowest BCUT2D eigenvalue weighted by Crippen LogP contribution is -2.01. The molecular weight excluding hydrogens is 188 g/mol. The van der Waals surface area contributed by atoms with E-state index in [-0.39, 0.29) is 5.91 Å². The molecule has 0 unspecified atom stereocenters. The van der Waals surface area contributed by atoms with Crippen molar-refractivity contribution >= 4 is 16.3 Å². The molecule has 0 aromatic carbocycles. The van der Waals surface area contributed by atoms with Gasteiger partial charge in [-0.3, -0.25) is 13.9 Å². The summed E-state index contributed by atoms with van der Waals surface area (Å²) in [6.07, 6.45) is 0. The third-order valence-electron chi connectivity index (χ3n) is 0. The summed E-state index contributed by atoms with van der Waals surface area (Å²) in [7, 11) is -0.917. The number of hydrogen-bond donors (Lipinski definition) is 4. The average molecular weight is 202 g/mol. The fourth-order valence-corrected chi connectivity index (χ4v) is 0. The van der Waals surface area contributed by atoms with E-state index in [4.69, 9.17) is 17.5 Å². The maximum atomic E-state index is 9.22. The molecule has 76 valence electrons. The fourth-order valence-electron chi connectivity index (χ4n) is 0. The van der Waals surface area contributed by atoms with Crippen LogP contribution in [0.5, 0.6) is 0 Å². The number of rotatable bonds is 0. The molecule has 0 saturated heterocycles. The molecule has 12 heavy (non-hydrogen) atoms. The lowest BCUT2D eigenvalue weighted by atomic mass is 10.8. The molecule has 0 aliphatic heterocycles. The Balaban J connectivity index is -0.000000105. The zero-order valence-corrected chi connectivity index (χ0v) is 7.92. The topological polar surface area (TPSA) is 130 Å². The van der Waals surface area contributed by atoms with Gasteiger partial charge in [-0.05, 0) is 14.1 Å². The largest absolute Gasteiger partial charge is 0.394 e. The van der Waals surface area contributed by atoms with Crippen LogP contribution in [-0.2, 0) is 15.2 Å². The molecule has 0 spiro atoms. The molecule has 0 heterocycles. The molecule has 0 saturated carbocycles. The van der Waals surface area contributed by atoms with E-state index in [0.29, 0.717) is 0 Å². The Labute approximate surface area is 71.5 Å². The summed E-state index contributed by atoms with van der Waals surface area (Å²) >= 11 is 0. The van der Waals surface area contributed by atoms with Crippen LogP contribution in [0.4, 0.5) is 0 Å². The highest BCUT2D eigenvalue weighted by molar-refractivity contribution is 7.79. The summed E-state index contributed by atoms with van der Waals surface area (Å²) in [6.45, 7) is 1.31. The number of amides is 1. The first-order chi connectivity index (χ1) is 5.15. The molecular formula is C4H14N2O5S. The summed E-state index contributed by atoms with van der Waals surface area (Å²) in [5.41, 5.74) is 4.47. The minimum absolute atomic E-state index is 0.333. The van der Waals surface area contributed by atoms with E-state index in [0.717, 1.165) is 0 Å². The van der Waals surface area contributed by atoms with Crippen LogP contribution in [0.15, 0.2) is 0 Å². The molecule has 0 atom stereocenters. The van der Waals surface area contributed by atoms with E-state index in [2.05, 4.69) is 11.1 Å². The standard InChI is InChI=1S/C2H5NO.C2H7N.H2O4S/c1-2(3)4;1-3-2;1-5(2,3)4/h1H3,(H2,3,4);3H,1-2H3;(H2,1,2,3,4). The van der Waals surface area contributed by atoms with Crippen molar-refractivity contribution in [1.29, 1.82) is 0 Å². The number of nitrogens with one attached hydrogen (secondary N) is 1. The summed E-state index contributed by atoms with van der Waals surface area (Å²) in [5, 5.41) is 2.75. The van der Waals surface area contributed by atoms with Crippen LogP contribution in [-0.4, -0.2) is 37.5 Å². The lowest BCUT2D eigenvalue weighted by Gasteiger charge is -1.68. The van der Waals surface area contributed by atoms with Crippen molar-refractivity contribution in [2.24, 2.45) is 5.73 Å². The Bertz CT molecular complexity index is 176. The molecule has 1 amide bonds. The molecule has 8 heteroatoms. The molecule has 0 rings (SSSR count). The van der Waals surface area contributed by atoms with Crippen LogP contribution in [0, 0.1) is 0 Å². The summed E-state index contributed by atoms with van der Waals surface area (Å²) < 4.78 is 31.6. The van der Waals surface area contributed by atoms with Gasteiger partial charge in [-0.1, -0.05) is 0 Å². The second-order valence-corrected chi connectivity index (χ2v) is 2.45. The van der Waals surface area contributed by atoms with E-state index in [1.807, 2.05) is 14.1 Å². The molecule has 0 fully saturated rings. The fraction of sp³-hybridized carbons (Fsp3) is 0.750. The van der Waals surface area contributed by atoms with Crippen LogP contribution in [0.2, 0.25) is 0 Å². The minimum atomic E-state index is -4.67. The van der Waals surface area contributed by atoms with Crippen LogP contribution in [0.25, 0.3) is 0 Å². The van der Waals surface area contributed by atoms with Crippen LogP contribution in [0.1, 0.15) is 6.92 Å². The van der Waals surface area contributed by atoms with Gasteiger partial charge in [-0.15, -0.1) is 0 Å². The highest BCUT2D eigenvalue weighted by Gasteiger charge is 1.84. The van der Waals surface area contributed by atoms with Crippen LogP contribution < -0.4 is 11.1 Å². The minimum Gasteiger partial charge on any atom is -0.370 e. The molecule has 0 aromatic rings.